The van der Waals surface area contributed by atoms with Crippen molar-refractivity contribution in [2.75, 3.05) is 13.6 Å². The van der Waals surface area contributed by atoms with E-state index < -0.39 is 6.10 Å². The van der Waals surface area contributed by atoms with Crippen LogP contribution >= 0.6 is 11.3 Å². The van der Waals surface area contributed by atoms with E-state index >= 15 is 0 Å². The van der Waals surface area contributed by atoms with Crippen molar-refractivity contribution in [3.8, 4) is 0 Å². The maximum atomic E-state index is 11.9. The third-order valence-corrected chi connectivity index (χ3v) is 3.41. The fraction of sp³-hybridized carbons (Fsp3) is 0.250. The number of aliphatic hydroxyl groups is 1. The zero-order chi connectivity index (χ0) is 11.5. The van der Waals surface area contributed by atoms with E-state index in [0.717, 1.165) is 10.1 Å². The summed E-state index contributed by atoms with van der Waals surface area (Å²) in [4.78, 5) is 11.9. The highest BCUT2D eigenvalue weighted by molar-refractivity contribution is 7.17. The van der Waals surface area contributed by atoms with E-state index in [1.807, 2.05) is 29.6 Å². The van der Waals surface area contributed by atoms with Crippen molar-refractivity contribution in [2.24, 2.45) is 0 Å². The molecule has 0 saturated carbocycles. The minimum atomic E-state index is -0.969. The standard InChI is InChI=1S/C12H13NO2S/c1-13-6-10(14)12(15)9-7-16-11-5-3-2-4-8(9)11/h2-5,7,10,13-14H,6H2,1H3. The Bertz CT molecular complexity index is 506. The lowest BCUT2D eigenvalue weighted by Gasteiger charge is -2.07. The zero-order valence-corrected chi connectivity index (χ0v) is 9.75. The first-order valence-corrected chi connectivity index (χ1v) is 5.95. The van der Waals surface area contributed by atoms with Gasteiger partial charge in [0.1, 0.15) is 6.10 Å². The van der Waals surface area contributed by atoms with E-state index in [-0.39, 0.29) is 12.3 Å². The summed E-state index contributed by atoms with van der Waals surface area (Å²) in [6.07, 6.45) is -0.969. The van der Waals surface area contributed by atoms with Crippen LogP contribution in [-0.2, 0) is 0 Å². The molecule has 0 saturated heterocycles. The second-order valence-electron chi connectivity index (χ2n) is 3.58. The number of ketones is 1. The molecule has 1 unspecified atom stereocenters. The highest BCUT2D eigenvalue weighted by atomic mass is 32.1. The van der Waals surface area contributed by atoms with Gasteiger partial charge < -0.3 is 10.4 Å². The van der Waals surface area contributed by atoms with Crippen LogP contribution in [0.25, 0.3) is 10.1 Å². The highest BCUT2D eigenvalue weighted by Crippen LogP contribution is 2.26. The van der Waals surface area contributed by atoms with E-state index in [1.54, 1.807) is 7.05 Å². The Hall–Kier alpha value is -1.23. The average Bonchev–Trinajstić information content (AvgIpc) is 2.72. The monoisotopic (exact) mass is 235 g/mol. The smallest absolute Gasteiger partial charge is 0.194 e. The molecular weight excluding hydrogens is 222 g/mol. The summed E-state index contributed by atoms with van der Waals surface area (Å²) >= 11 is 1.53. The predicted molar refractivity (Wildman–Crippen MR) is 66.1 cm³/mol. The Morgan fingerprint density at radius 3 is 3.00 bits per heavy atom. The van der Waals surface area contributed by atoms with Crippen molar-refractivity contribution in [3.05, 3.63) is 35.2 Å². The Labute approximate surface area is 97.7 Å². The van der Waals surface area contributed by atoms with Crippen LogP contribution < -0.4 is 5.32 Å². The van der Waals surface area contributed by atoms with Gasteiger partial charge in [-0.2, -0.15) is 0 Å². The molecule has 2 N–H and O–H groups in total. The molecule has 1 atom stereocenters. The molecule has 0 bridgehead atoms. The van der Waals surface area contributed by atoms with Gasteiger partial charge in [-0.15, -0.1) is 11.3 Å². The Kier molecular flexibility index (Phi) is 3.33. The molecule has 0 amide bonds. The largest absolute Gasteiger partial charge is 0.384 e. The van der Waals surface area contributed by atoms with Crippen LogP contribution in [0, 0.1) is 0 Å². The molecule has 4 heteroatoms. The molecule has 3 nitrogen and oxygen atoms in total. The number of carbonyl (C=O) groups excluding carboxylic acids is 1. The third-order valence-electron chi connectivity index (χ3n) is 2.45. The van der Waals surface area contributed by atoms with E-state index in [1.165, 1.54) is 11.3 Å². The minimum Gasteiger partial charge on any atom is -0.384 e. The first kappa shape index (κ1) is 11.3. The van der Waals surface area contributed by atoms with Gasteiger partial charge in [0, 0.05) is 27.6 Å². The number of hydrogen-bond donors (Lipinski definition) is 2. The minimum absolute atomic E-state index is 0.216. The first-order valence-electron chi connectivity index (χ1n) is 5.07. The lowest BCUT2D eigenvalue weighted by Crippen LogP contribution is -2.31. The molecule has 0 aliphatic heterocycles. The average molecular weight is 235 g/mol. The van der Waals surface area contributed by atoms with Crippen molar-refractivity contribution >= 4 is 27.2 Å². The number of benzene rings is 1. The van der Waals surface area contributed by atoms with E-state index in [0.29, 0.717) is 5.56 Å². The quantitative estimate of drug-likeness (QED) is 0.792. The molecule has 1 heterocycles. The van der Waals surface area contributed by atoms with Crippen LogP contribution in [0.4, 0.5) is 0 Å². The molecule has 0 spiro atoms. The normalized spacial score (nSPS) is 12.9. The molecule has 1 aromatic heterocycles. The Morgan fingerprint density at radius 1 is 1.50 bits per heavy atom. The fourth-order valence-corrected chi connectivity index (χ4v) is 2.58. The van der Waals surface area contributed by atoms with Crippen LogP contribution in [0.1, 0.15) is 10.4 Å². The lowest BCUT2D eigenvalue weighted by atomic mass is 10.1. The van der Waals surface area contributed by atoms with Crippen molar-refractivity contribution in [2.45, 2.75) is 6.10 Å². The number of aliphatic hydroxyl groups excluding tert-OH is 1. The third kappa shape index (κ3) is 2.00. The summed E-state index contributed by atoms with van der Waals surface area (Å²) in [6.45, 7) is 0.281. The van der Waals surface area contributed by atoms with Gasteiger partial charge >= 0.3 is 0 Å². The maximum Gasteiger partial charge on any atom is 0.194 e. The predicted octanol–water partition coefficient (Wildman–Crippen LogP) is 1.66. The van der Waals surface area contributed by atoms with E-state index in [4.69, 9.17) is 0 Å². The van der Waals surface area contributed by atoms with Crippen LogP contribution in [-0.4, -0.2) is 30.6 Å². The topological polar surface area (TPSA) is 49.3 Å². The van der Waals surface area contributed by atoms with Gasteiger partial charge in [-0.05, 0) is 13.1 Å². The molecule has 0 radical (unpaired) electrons. The summed E-state index contributed by atoms with van der Waals surface area (Å²) in [5.41, 5.74) is 0.614. The number of hydrogen-bond acceptors (Lipinski definition) is 4. The first-order chi connectivity index (χ1) is 7.74. The highest BCUT2D eigenvalue weighted by Gasteiger charge is 2.19. The summed E-state index contributed by atoms with van der Waals surface area (Å²) < 4.78 is 1.07. The second-order valence-corrected chi connectivity index (χ2v) is 4.49. The lowest BCUT2D eigenvalue weighted by molar-refractivity contribution is 0.0752. The van der Waals surface area contributed by atoms with Gasteiger partial charge in [0.25, 0.3) is 0 Å². The van der Waals surface area contributed by atoms with Gasteiger partial charge in [-0.3, -0.25) is 4.79 Å². The Morgan fingerprint density at radius 2 is 2.25 bits per heavy atom. The summed E-state index contributed by atoms with van der Waals surface area (Å²) in [7, 11) is 1.71. The summed E-state index contributed by atoms with van der Waals surface area (Å²) in [5, 5.41) is 15.2. The molecule has 16 heavy (non-hydrogen) atoms. The number of likely N-dealkylation sites (N-methyl/N-ethyl adjacent to an activating group) is 1. The zero-order valence-electron chi connectivity index (χ0n) is 8.93. The van der Waals surface area contributed by atoms with E-state index in [9.17, 15) is 9.90 Å². The van der Waals surface area contributed by atoms with E-state index in [2.05, 4.69) is 5.32 Å². The van der Waals surface area contributed by atoms with Crippen LogP contribution in [0.5, 0.6) is 0 Å². The number of carbonyl (C=O) groups is 1. The Balaban J connectivity index is 2.36. The molecule has 2 aromatic rings. The van der Waals surface area contributed by atoms with Gasteiger partial charge in [0.2, 0.25) is 0 Å². The molecular formula is C12H13NO2S. The molecule has 0 aliphatic rings. The van der Waals surface area contributed by atoms with Crippen molar-refractivity contribution in [1.82, 2.24) is 5.32 Å². The second kappa shape index (κ2) is 4.74. The van der Waals surface area contributed by atoms with Crippen LogP contribution in [0.3, 0.4) is 0 Å². The molecule has 84 valence electrons. The van der Waals surface area contributed by atoms with Crippen molar-refractivity contribution in [3.63, 3.8) is 0 Å². The van der Waals surface area contributed by atoms with Crippen molar-refractivity contribution < 1.29 is 9.90 Å². The number of Topliss-reactive ketones (excluding diaryl/α,β-unsaturated/α-hetero) is 1. The van der Waals surface area contributed by atoms with Crippen molar-refractivity contribution in [1.29, 1.82) is 0 Å². The number of rotatable bonds is 4. The molecule has 0 aliphatic carbocycles. The van der Waals surface area contributed by atoms with Crippen LogP contribution in [0.2, 0.25) is 0 Å². The summed E-state index contributed by atoms with van der Waals surface area (Å²) in [5.74, 6) is -0.216. The molecule has 1 aromatic carbocycles. The number of thiophene rings is 1. The van der Waals surface area contributed by atoms with Gasteiger partial charge in [-0.25, -0.2) is 0 Å². The van der Waals surface area contributed by atoms with Gasteiger partial charge in [0.15, 0.2) is 5.78 Å². The fourth-order valence-electron chi connectivity index (χ4n) is 1.63. The molecule has 0 fully saturated rings. The van der Waals surface area contributed by atoms with Gasteiger partial charge in [-0.1, -0.05) is 18.2 Å². The van der Waals surface area contributed by atoms with Gasteiger partial charge in [0.05, 0.1) is 0 Å². The van der Waals surface area contributed by atoms with Crippen LogP contribution in [0.15, 0.2) is 29.6 Å². The number of nitrogens with one attached hydrogen (secondary N) is 1. The summed E-state index contributed by atoms with van der Waals surface area (Å²) in [6, 6.07) is 7.72. The number of fused-ring (bicyclic) bond motifs is 1. The SMILES string of the molecule is CNCC(O)C(=O)c1csc2ccccc12. The molecule has 2 rings (SSSR count). The maximum absolute atomic E-state index is 11.9.